The summed E-state index contributed by atoms with van der Waals surface area (Å²) in [6.45, 7) is 2.48. The first-order valence-electron chi connectivity index (χ1n) is 12.6. The van der Waals surface area contributed by atoms with Gasteiger partial charge >= 0.3 is 11.9 Å². The molecule has 2 aromatic rings. The van der Waals surface area contributed by atoms with E-state index in [1.807, 2.05) is 0 Å². The Hall–Kier alpha value is -3.88. The number of benzene rings is 2. The van der Waals surface area contributed by atoms with E-state index < -0.39 is 46.4 Å². The van der Waals surface area contributed by atoms with Gasteiger partial charge in [0.05, 0.1) is 24.5 Å². The van der Waals surface area contributed by atoms with Gasteiger partial charge in [0.2, 0.25) is 10.0 Å². The van der Waals surface area contributed by atoms with Crippen molar-refractivity contribution in [3.05, 3.63) is 53.6 Å². The Bertz CT molecular complexity index is 1310. The molecular weight excluding hydrogens is 544 g/mol. The number of aliphatic hydroxyl groups is 1. The second-order valence-corrected chi connectivity index (χ2v) is 11.5. The second kappa shape index (κ2) is 13.5. The Labute approximate surface area is 231 Å². The molecule has 3 rings (SSSR count). The van der Waals surface area contributed by atoms with Crippen molar-refractivity contribution in [1.82, 2.24) is 10.6 Å². The van der Waals surface area contributed by atoms with Crippen molar-refractivity contribution in [2.24, 2.45) is 5.92 Å². The lowest BCUT2D eigenvalue weighted by atomic mass is 9.96. The molecule has 1 amide bonds. The molecular formula is C26H34N4O9S. The third-order valence-corrected chi connectivity index (χ3v) is 7.15. The number of sulfonamides is 1. The number of carboxylic acid groups (broad SMARTS) is 2. The number of amides is 1. The van der Waals surface area contributed by atoms with E-state index in [4.69, 9.17) is 10.2 Å². The molecule has 2 aromatic carbocycles. The number of hydrogen-bond acceptors (Lipinski definition) is 9. The summed E-state index contributed by atoms with van der Waals surface area (Å²) in [6, 6.07) is 9.41. The van der Waals surface area contributed by atoms with E-state index in [1.165, 1.54) is 18.2 Å². The van der Waals surface area contributed by atoms with Crippen molar-refractivity contribution < 1.29 is 43.2 Å². The van der Waals surface area contributed by atoms with Crippen molar-refractivity contribution in [2.75, 3.05) is 42.1 Å². The maximum absolute atomic E-state index is 12.4. The maximum atomic E-state index is 12.4. The van der Waals surface area contributed by atoms with Gasteiger partial charge in [-0.1, -0.05) is 6.07 Å². The van der Waals surface area contributed by atoms with Crippen LogP contribution in [0.2, 0.25) is 0 Å². The minimum atomic E-state index is -3.58. The molecule has 0 unspecified atom stereocenters. The van der Waals surface area contributed by atoms with Gasteiger partial charge < -0.3 is 36.0 Å². The fourth-order valence-corrected chi connectivity index (χ4v) is 4.98. The molecule has 1 saturated heterocycles. The number of nitrogens with one attached hydrogen (secondary N) is 3. The van der Waals surface area contributed by atoms with E-state index >= 15 is 0 Å². The third kappa shape index (κ3) is 9.10. The molecule has 2 atom stereocenters. The summed E-state index contributed by atoms with van der Waals surface area (Å²) in [6.07, 6.45) is 1.14. The fourth-order valence-electron chi connectivity index (χ4n) is 4.42. The van der Waals surface area contributed by atoms with Gasteiger partial charge in [-0.3, -0.25) is 14.3 Å². The highest BCUT2D eigenvalue weighted by Gasteiger charge is 2.24. The number of hydrogen-bond donors (Lipinski definition) is 7. The molecule has 0 bridgehead atoms. The first-order valence-corrected chi connectivity index (χ1v) is 14.5. The van der Waals surface area contributed by atoms with Gasteiger partial charge in [-0.15, -0.1) is 0 Å². The Morgan fingerprint density at radius 1 is 1.05 bits per heavy atom. The van der Waals surface area contributed by atoms with Crippen LogP contribution in [0, 0.1) is 5.92 Å². The van der Waals surface area contributed by atoms with Crippen LogP contribution >= 0.6 is 0 Å². The highest BCUT2D eigenvalue weighted by molar-refractivity contribution is 7.92. The highest BCUT2D eigenvalue weighted by Crippen LogP contribution is 2.28. The van der Waals surface area contributed by atoms with Crippen LogP contribution in [-0.4, -0.2) is 85.2 Å². The number of phenols is 1. The van der Waals surface area contributed by atoms with Crippen molar-refractivity contribution in [2.45, 2.75) is 31.4 Å². The number of aliphatic carboxylic acids is 2. The van der Waals surface area contributed by atoms with E-state index in [2.05, 4.69) is 20.3 Å². The predicted molar refractivity (Wildman–Crippen MR) is 147 cm³/mol. The number of nitrogens with zero attached hydrogens (tertiary/aromatic N) is 1. The summed E-state index contributed by atoms with van der Waals surface area (Å²) >= 11 is 0. The summed E-state index contributed by atoms with van der Waals surface area (Å²) < 4.78 is 25.2. The largest absolute Gasteiger partial charge is 0.506 e. The first kappa shape index (κ1) is 30.7. The molecule has 1 aliphatic rings. The number of carbonyl (C=O) groups excluding carboxylic acids is 1. The van der Waals surface area contributed by atoms with E-state index in [0.29, 0.717) is 18.0 Å². The van der Waals surface area contributed by atoms with Crippen LogP contribution in [0.15, 0.2) is 42.5 Å². The fraction of sp³-hybridized carbons (Fsp3) is 0.423. The van der Waals surface area contributed by atoms with Crippen molar-refractivity contribution in [3.8, 4) is 5.75 Å². The quantitative estimate of drug-likeness (QED) is 0.167. The van der Waals surface area contributed by atoms with Crippen LogP contribution in [-0.2, 0) is 19.6 Å². The Balaban J connectivity index is 1.45. The smallest absolute Gasteiger partial charge is 0.326 e. The molecule has 0 aromatic heterocycles. The van der Waals surface area contributed by atoms with E-state index in [1.54, 1.807) is 24.3 Å². The zero-order chi connectivity index (χ0) is 29.4. The lowest BCUT2D eigenvalue weighted by Gasteiger charge is -2.34. The average molecular weight is 579 g/mol. The average Bonchev–Trinajstić information content (AvgIpc) is 2.89. The van der Waals surface area contributed by atoms with Crippen molar-refractivity contribution in [3.63, 3.8) is 0 Å². The number of aromatic hydroxyl groups is 1. The summed E-state index contributed by atoms with van der Waals surface area (Å²) in [5.41, 5.74) is 1.60. The van der Waals surface area contributed by atoms with Crippen molar-refractivity contribution >= 4 is 39.2 Å². The molecule has 7 N–H and O–H groups in total. The Kier molecular flexibility index (Phi) is 10.3. The summed E-state index contributed by atoms with van der Waals surface area (Å²) in [5, 5.41) is 43.8. The summed E-state index contributed by atoms with van der Waals surface area (Å²) in [5.74, 6) is -3.27. The molecule has 14 heteroatoms. The third-order valence-electron chi connectivity index (χ3n) is 6.56. The number of piperidine rings is 1. The first-order chi connectivity index (χ1) is 18.8. The number of aliphatic hydroxyl groups excluding tert-OH is 1. The van der Waals surface area contributed by atoms with Crippen LogP contribution in [0.3, 0.4) is 0 Å². The Morgan fingerprint density at radius 3 is 2.27 bits per heavy atom. The van der Waals surface area contributed by atoms with Crippen LogP contribution in [0.5, 0.6) is 5.75 Å². The van der Waals surface area contributed by atoms with Gasteiger partial charge in [0, 0.05) is 30.9 Å². The van der Waals surface area contributed by atoms with Crippen LogP contribution in [0.1, 0.15) is 41.3 Å². The van der Waals surface area contributed by atoms with Gasteiger partial charge in [-0.05, 0) is 67.3 Å². The Morgan fingerprint density at radius 2 is 1.70 bits per heavy atom. The van der Waals surface area contributed by atoms with E-state index in [9.17, 15) is 33.0 Å². The molecule has 1 fully saturated rings. The lowest BCUT2D eigenvalue weighted by Crippen LogP contribution is -2.42. The van der Waals surface area contributed by atoms with E-state index in [0.717, 1.165) is 37.9 Å². The number of anilines is 2. The maximum Gasteiger partial charge on any atom is 0.326 e. The van der Waals surface area contributed by atoms with Gasteiger partial charge in [0.25, 0.3) is 5.91 Å². The predicted octanol–water partition coefficient (Wildman–Crippen LogP) is 0.961. The van der Waals surface area contributed by atoms with Gasteiger partial charge in [-0.2, -0.15) is 0 Å². The van der Waals surface area contributed by atoms with Gasteiger partial charge in [-0.25, -0.2) is 13.2 Å². The number of rotatable bonds is 13. The minimum absolute atomic E-state index is 0.00252. The molecule has 1 aliphatic heterocycles. The zero-order valence-electron chi connectivity index (χ0n) is 21.9. The monoisotopic (exact) mass is 578 g/mol. The summed E-state index contributed by atoms with van der Waals surface area (Å²) in [4.78, 5) is 36.5. The molecule has 13 nitrogen and oxygen atoms in total. The molecule has 218 valence electrons. The minimum Gasteiger partial charge on any atom is -0.506 e. The van der Waals surface area contributed by atoms with Gasteiger partial charge in [0.1, 0.15) is 11.8 Å². The summed E-state index contributed by atoms with van der Waals surface area (Å²) in [7, 11) is -3.58. The number of carboxylic acids is 2. The molecule has 0 radical (unpaired) electrons. The molecule has 0 spiro atoms. The SMILES string of the molecule is CS(=O)(=O)Nc1cc([C@H](O)CNCC2CCN(c3ccc(C(=O)N[C@H](CC(=O)O)C(=O)O)cc3)CC2)ccc1O. The standard InChI is InChI=1S/C26H34N4O9S/c1-40(38,39)29-20-12-18(4-7-22(20)31)23(32)15-27-14-16-8-10-30(11-9-16)19-5-2-17(3-6-19)25(35)28-21(26(36)37)13-24(33)34/h2-7,12,16,21,23,27,29,31-32H,8-11,13-15H2,1H3,(H,28,35)(H,33,34)(H,36,37)/t21-,23-/m1/s1. The second-order valence-electron chi connectivity index (χ2n) is 9.76. The van der Waals surface area contributed by atoms with E-state index in [-0.39, 0.29) is 23.5 Å². The lowest BCUT2D eigenvalue weighted by molar-refractivity contribution is -0.145. The van der Waals surface area contributed by atoms with Gasteiger partial charge in [0.15, 0.2) is 0 Å². The topological polar surface area (TPSA) is 206 Å². The molecule has 1 heterocycles. The number of phenolic OH excluding ortho intramolecular Hbond substituents is 1. The molecule has 0 aliphatic carbocycles. The normalized spacial score (nSPS) is 15.7. The van der Waals surface area contributed by atoms with Crippen molar-refractivity contribution in [1.29, 1.82) is 0 Å². The molecule has 40 heavy (non-hydrogen) atoms. The zero-order valence-corrected chi connectivity index (χ0v) is 22.7. The molecule has 0 saturated carbocycles. The van der Waals surface area contributed by atoms with Crippen LogP contribution in [0.4, 0.5) is 11.4 Å². The highest BCUT2D eigenvalue weighted by atomic mass is 32.2. The van der Waals surface area contributed by atoms with Crippen LogP contribution in [0.25, 0.3) is 0 Å². The van der Waals surface area contributed by atoms with Crippen LogP contribution < -0.4 is 20.3 Å². The number of carbonyl (C=O) groups is 3.